The topological polar surface area (TPSA) is 0 Å². The van der Waals surface area contributed by atoms with Crippen LogP contribution in [0.5, 0.6) is 0 Å². The summed E-state index contributed by atoms with van der Waals surface area (Å²) < 4.78 is 0. The minimum absolute atomic E-state index is 0.602. The van der Waals surface area contributed by atoms with E-state index < -0.39 is 0 Å². The number of rotatable bonds is 6. The van der Waals surface area contributed by atoms with Crippen LogP contribution < -0.4 is 0 Å². The molecule has 0 radical (unpaired) electrons. The van der Waals surface area contributed by atoms with Gasteiger partial charge >= 0.3 is 0 Å². The molecule has 1 heterocycles. The summed E-state index contributed by atoms with van der Waals surface area (Å²) in [5, 5.41) is 2.27. The van der Waals surface area contributed by atoms with Crippen molar-refractivity contribution in [2.75, 3.05) is 0 Å². The number of allylic oxidation sites excluding steroid dienone is 3. The minimum atomic E-state index is 0.602. The van der Waals surface area contributed by atoms with Gasteiger partial charge in [-0.25, -0.2) is 0 Å². The van der Waals surface area contributed by atoms with Crippen molar-refractivity contribution < 1.29 is 0 Å². The van der Waals surface area contributed by atoms with Gasteiger partial charge in [0.25, 0.3) is 0 Å². The molecule has 2 aromatic rings. The molecule has 0 saturated carbocycles. The van der Waals surface area contributed by atoms with Crippen molar-refractivity contribution in [1.82, 2.24) is 0 Å². The van der Waals surface area contributed by atoms with Crippen molar-refractivity contribution in [3.05, 3.63) is 77.5 Å². The maximum absolute atomic E-state index is 4.06. The van der Waals surface area contributed by atoms with Crippen molar-refractivity contribution in [2.24, 2.45) is 0 Å². The quantitative estimate of drug-likeness (QED) is 0.467. The molecule has 128 valence electrons. The van der Waals surface area contributed by atoms with E-state index in [0.717, 1.165) is 12.0 Å². The molecule has 1 aromatic heterocycles. The van der Waals surface area contributed by atoms with Crippen LogP contribution >= 0.6 is 11.3 Å². The Balaban J connectivity index is 0.000000891. The maximum atomic E-state index is 4.06. The molecule has 2 rings (SSSR count). The summed E-state index contributed by atoms with van der Waals surface area (Å²) in [5.41, 5.74) is 6.19. The van der Waals surface area contributed by atoms with Gasteiger partial charge in [-0.3, -0.25) is 0 Å². The summed E-state index contributed by atoms with van der Waals surface area (Å²) in [6.45, 7) is 19.8. The Morgan fingerprint density at radius 1 is 1.17 bits per heavy atom. The summed E-state index contributed by atoms with van der Waals surface area (Å²) in [6.07, 6.45) is 4.00. The van der Waals surface area contributed by atoms with Gasteiger partial charge < -0.3 is 0 Å². The maximum Gasteiger partial charge on any atom is 0.00856 e. The molecule has 0 aliphatic carbocycles. The SMILES string of the molecule is C=C(C)CC(CC)c1cc(-c2cccc(C(=C)C)c2)cs1.C=CC. The van der Waals surface area contributed by atoms with Gasteiger partial charge in [-0.2, -0.15) is 0 Å². The van der Waals surface area contributed by atoms with E-state index in [4.69, 9.17) is 0 Å². The predicted octanol–water partition coefficient (Wildman–Crippen LogP) is 8.10. The Bertz CT molecular complexity index is 688. The lowest BCUT2D eigenvalue weighted by Crippen LogP contribution is -1.94. The van der Waals surface area contributed by atoms with Crippen molar-refractivity contribution in [3.63, 3.8) is 0 Å². The van der Waals surface area contributed by atoms with Crippen LogP contribution in [0, 0.1) is 0 Å². The van der Waals surface area contributed by atoms with E-state index in [2.05, 4.69) is 76.2 Å². The van der Waals surface area contributed by atoms with Crippen LogP contribution in [-0.4, -0.2) is 0 Å². The molecule has 0 N–H and O–H groups in total. The molecule has 0 aliphatic rings. The molecule has 1 aromatic carbocycles. The second-order valence-corrected chi connectivity index (χ2v) is 7.22. The van der Waals surface area contributed by atoms with Crippen LogP contribution in [0.2, 0.25) is 0 Å². The first kappa shape index (κ1) is 20.2. The molecule has 24 heavy (non-hydrogen) atoms. The van der Waals surface area contributed by atoms with Gasteiger partial charge in [0.1, 0.15) is 0 Å². The average molecular weight is 339 g/mol. The molecule has 0 saturated heterocycles. The lowest BCUT2D eigenvalue weighted by atomic mass is 9.95. The largest absolute Gasteiger partial charge is 0.148 e. The average Bonchev–Trinajstić information content (AvgIpc) is 3.03. The number of hydrogen-bond donors (Lipinski definition) is 0. The van der Waals surface area contributed by atoms with E-state index in [0.29, 0.717) is 5.92 Å². The smallest absolute Gasteiger partial charge is 0.00856 e. The van der Waals surface area contributed by atoms with Crippen molar-refractivity contribution >= 4 is 16.9 Å². The van der Waals surface area contributed by atoms with Crippen LogP contribution in [0.4, 0.5) is 0 Å². The van der Waals surface area contributed by atoms with Crippen molar-refractivity contribution in [2.45, 2.75) is 46.5 Å². The molecule has 0 fully saturated rings. The number of hydrogen-bond acceptors (Lipinski definition) is 1. The number of benzene rings is 1. The third-order valence-electron chi connectivity index (χ3n) is 3.80. The monoisotopic (exact) mass is 338 g/mol. The van der Waals surface area contributed by atoms with Gasteiger partial charge in [0, 0.05) is 4.88 Å². The lowest BCUT2D eigenvalue weighted by Gasteiger charge is -2.12. The highest BCUT2D eigenvalue weighted by atomic mass is 32.1. The summed E-state index contributed by atoms with van der Waals surface area (Å²) in [6, 6.07) is 11.0. The molecule has 0 amide bonds. The molecular formula is C23H30S. The molecule has 0 bridgehead atoms. The van der Waals surface area contributed by atoms with E-state index >= 15 is 0 Å². The summed E-state index contributed by atoms with van der Waals surface area (Å²) in [4.78, 5) is 1.47. The molecule has 1 atom stereocenters. The van der Waals surface area contributed by atoms with Crippen LogP contribution in [0.3, 0.4) is 0 Å². The first-order valence-corrected chi connectivity index (χ1v) is 9.37. The highest BCUT2D eigenvalue weighted by Gasteiger charge is 2.13. The summed E-state index contributed by atoms with van der Waals surface area (Å²) in [5.74, 6) is 0.602. The van der Waals surface area contributed by atoms with E-state index in [1.54, 1.807) is 6.08 Å². The Kier molecular flexibility index (Phi) is 8.49. The van der Waals surface area contributed by atoms with Crippen molar-refractivity contribution in [1.29, 1.82) is 0 Å². The van der Waals surface area contributed by atoms with Gasteiger partial charge in [-0.05, 0) is 73.7 Å². The second kappa shape index (κ2) is 10.1. The highest BCUT2D eigenvalue weighted by Crippen LogP contribution is 2.35. The molecule has 1 unspecified atom stereocenters. The van der Waals surface area contributed by atoms with E-state index in [9.17, 15) is 0 Å². The van der Waals surface area contributed by atoms with Gasteiger partial charge in [-0.1, -0.05) is 48.9 Å². The first-order valence-electron chi connectivity index (χ1n) is 8.49. The Labute approximate surface area is 152 Å². The van der Waals surface area contributed by atoms with E-state index in [1.165, 1.54) is 33.6 Å². The third-order valence-corrected chi connectivity index (χ3v) is 4.89. The van der Waals surface area contributed by atoms with Gasteiger partial charge in [-0.15, -0.1) is 24.5 Å². The zero-order valence-corrected chi connectivity index (χ0v) is 16.4. The fourth-order valence-electron chi connectivity index (χ4n) is 2.55. The van der Waals surface area contributed by atoms with Crippen LogP contribution in [0.15, 0.2) is 67.1 Å². The molecule has 1 heteroatoms. The minimum Gasteiger partial charge on any atom is -0.148 e. The normalized spacial score (nSPS) is 11.2. The first-order chi connectivity index (χ1) is 11.4. The Morgan fingerprint density at radius 3 is 2.38 bits per heavy atom. The zero-order chi connectivity index (χ0) is 18.1. The van der Waals surface area contributed by atoms with Gasteiger partial charge in [0.15, 0.2) is 0 Å². The van der Waals surface area contributed by atoms with Gasteiger partial charge in [0.2, 0.25) is 0 Å². The lowest BCUT2D eigenvalue weighted by molar-refractivity contribution is 0.669. The van der Waals surface area contributed by atoms with E-state index in [-0.39, 0.29) is 0 Å². The molecule has 0 nitrogen and oxygen atoms in total. The van der Waals surface area contributed by atoms with Gasteiger partial charge in [0.05, 0.1) is 0 Å². The summed E-state index contributed by atoms with van der Waals surface area (Å²) >= 11 is 1.87. The third kappa shape index (κ3) is 5.98. The zero-order valence-electron chi connectivity index (χ0n) is 15.6. The molecule has 0 aliphatic heterocycles. The summed E-state index contributed by atoms with van der Waals surface area (Å²) in [7, 11) is 0. The van der Waals surface area contributed by atoms with Crippen LogP contribution in [-0.2, 0) is 0 Å². The molecular weight excluding hydrogens is 308 g/mol. The fraction of sp³-hybridized carbons (Fsp3) is 0.304. The molecule has 0 spiro atoms. The highest BCUT2D eigenvalue weighted by molar-refractivity contribution is 7.10. The fourth-order valence-corrected chi connectivity index (χ4v) is 3.65. The Hall–Kier alpha value is -1.86. The number of thiophene rings is 1. The van der Waals surface area contributed by atoms with E-state index in [1.807, 2.05) is 18.3 Å². The second-order valence-electron chi connectivity index (χ2n) is 6.27. The van der Waals surface area contributed by atoms with Crippen LogP contribution in [0.25, 0.3) is 16.7 Å². The van der Waals surface area contributed by atoms with Crippen LogP contribution in [0.1, 0.15) is 56.9 Å². The van der Waals surface area contributed by atoms with Crippen molar-refractivity contribution in [3.8, 4) is 11.1 Å². The standard InChI is InChI=1S/C20H24S.C3H6/c1-6-16(10-14(2)3)20-12-19(13-21-20)18-9-7-8-17(11-18)15(4)5;1-3-2/h7-9,11-13,16H,2,4,6,10H2,1,3,5H3;3H,1H2,2H3. The predicted molar refractivity (Wildman–Crippen MR) is 113 cm³/mol. The Morgan fingerprint density at radius 2 is 1.83 bits per heavy atom.